The zero-order chi connectivity index (χ0) is 9.56. The number of rotatable bonds is 5. The second-order valence-electron chi connectivity index (χ2n) is 2.02. The highest BCUT2D eigenvalue weighted by atomic mass is 16.5. The fourth-order valence-electron chi connectivity index (χ4n) is 0.444. The van der Waals surface area contributed by atoms with Crippen LogP contribution in [0, 0.1) is 0 Å². The summed E-state index contributed by atoms with van der Waals surface area (Å²) in [5.74, 6) is -2.19. The topological polar surface area (TPSA) is 107 Å². The molecule has 6 nitrogen and oxygen atoms in total. The molecule has 0 fully saturated rings. The summed E-state index contributed by atoms with van der Waals surface area (Å²) in [6.45, 7) is -0.162. The Morgan fingerprint density at radius 2 is 2.17 bits per heavy atom. The SMILES string of the molecule is N[C@@H](CCOC(=O)C=O)C(=O)O. The van der Waals surface area contributed by atoms with Gasteiger partial charge in [0.1, 0.15) is 6.04 Å². The van der Waals surface area contributed by atoms with Gasteiger partial charge in [0.2, 0.25) is 6.29 Å². The van der Waals surface area contributed by atoms with Gasteiger partial charge in [-0.15, -0.1) is 0 Å². The van der Waals surface area contributed by atoms with Gasteiger partial charge in [-0.3, -0.25) is 9.59 Å². The van der Waals surface area contributed by atoms with E-state index in [0.29, 0.717) is 0 Å². The molecule has 0 aliphatic rings. The molecule has 0 aliphatic heterocycles. The number of carboxylic acid groups (broad SMARTS) is 1. The average Bonchev–Trinajstić information content (AvgIpc) is 2.03. The molecule has 1 atom stereocenters. The van der Waals surface area contributed by atoms with E-state index in [9.17, 15) is 14.4 Å². The van der Waals surface area contributed by atoms with Crippen molar-refractivity contribution in [2.75, 3.05) is 6.61 Å². The minimum atomic E-state index is -1.17. The lowest BCUT2D eigenvalue weighted by molar-refractivity contribution is -0.149. The van der Waals surface area contributed by atoms with Crippen LogP contribution >= 0.6 is 0 Å². The van der Waals surface area contributed by atoms with Crippen LogP contribution in [0.1, 0.15) is 6.42 Å². The van der Waals surface area contributed by atoms with Crippen LogP contribution in [0.25, 0.3) is 0 Å². The maximum atomic E-state index is 10.2. The first-order valence-electron chi connectivity index (χ1n) is 3.18. The molecule has 0 saturated carbocycles. The van der Waals surface area contributed by atoms with Gasteiger partial charge < -0.3 is 15.6 Å². The predicted molar refractivity (Wildman–Crippen MR) is 37.3 cm³/mol. The number of hydrogen-bond acceptors (Lipinski definition) is 5. The zero-order valence-electron chi connectivity index (χ0n) is 6.23. The number of aldehydes is 1. The van der Waals surface area contributed by atoms with Crippen molar-refractivity contribution < 1.29 is 24.2 Å². The van der Waals surface area contributed by atoms with Gasteiger partial charge in [-0.2, -0.15) is 0 Å². The monoisotopic (exact) mass is 175 g/mol. The normalized spacial score (nSPS) is 11.8. The number of ether oxygens (including phenoxy) is 1. The number of esters is 1. The number of carbonyl (C=O) groups is 3. The van der Waals surface area contributed by atoms with Crippen molar-refractivity contribution in [3.05, 3.63) is 0 Å². The molecule has 3 N–H and O–H groups in total. The van der Waals surface area contributed by atoms with Crippen molar-refractivity contribution in [2.24, 2.45) is 5.73 Å². The van der Waals surface area contributed by atoms with E-state index in [0.717, 1.165) is 0 Å². The summed E-state index contributed by atoms with van der Waals surface area (Å²) in [5, 5.41) is 8.27. The third kappa shape index (κ3) is 4.40. The Morgan fingerprint density at radius 3 is 2.58 bits per heavy atom. The molecule has 0 aromatic carbocycles. The van der Waals surface area contributed by atoms with Gasteiger partial charge >= 0.3 is 11.9 Å². The molecule has 6 heteroatoms. The van der Waals surface area contributed by atoms with Crippen molar-refractivity contribution in [3.63, 3.8) is 0 Å². The van der Waals surface area contributed by atoms with E-state index in [1.54, 1.807) is 0 Å². The molecule has 0 radical (unpaired) electrons. The Labute approximate surface area is 68.3 Å². The molecule has 0 saturated heterocycles. The Hall–Kier alpha value is -1.43. The fourth-order valence-corrected chi connectivity index (χ4v) is 0.444. The van der Waals surface area contributed by atoms with Crippen LogP contribution in [-0.4, -0.2) is 36.0 Å². The smallest absolute Gasteiger partial charge is 0.371 e. The van der Waals surface area contributed by atoms with Crippen LogP contribution in [0.15, 0.2) is 0 Å². The fraction of sp³-hybridized carbons (Fsp3) is 0.500. The third-order valence-electron chi connectivity index (χ3n) is 1.09. The number of hydrogen-bond donors (Lipinski definition) is 2. The third-order valence-corrected chi connectivity index (χ3v) is 1.09. The van der Waals surface area contributed by atoms with Crippen LogP contribution in [0.3, 0.4) is 0 Å². The molecule has 68 valence electrons. The van der Waals surface area contributed by atoms with Crippen LogP contribution in [0.5, 0.6) is 0 Å². The molecule has 0 heterocycles. The predicted octanol–water partition coefficient (Wildman–Crippen LogP) is -1.47. The molecule has 0 rings (SSSR count). The summed E-state index contributed by atoms with van der Waals surface area (Å²) in [6.07, 6.45) is 0.00119. The lowest BCUT2D eigenvalue weighted by atomic mass is 10.2. The lowest BCUT2D eigenvalue weighted by Gasteiger charge is -2.04. The summed E-state index contributed by atoms with van der Waals surface area (Å²) >= 11 is 0. The van der Waals surface area contributed by atoms with Gasteiger partial charge in [0.25, 0.3) is 0 Å². The lowest BCUT2D eigenvalue weighted by Crippen LogP contribution is -2.31. The summed E-state index contributed by atoms with van der Waals surface area (Å²) in [5.41, 5.74) is 5.06. The second-order valence-corrected chi connectivity index (χ2v) is 2.02. The van der Waals surface area contributed by atoms with Crippen molar-refractivity contribution >= 4 is 18.2 Å². The van der Waals surface area contributed by atoms with Crippen molar-refractivity contribution in [3.8, 4) is 0 Å². The van der Waals surface area contributed by atoms with Gasteiger partial charge in [-0.1, -0.05) is 0 Å². The van der Waals surface area contributed by atoms with Crippen LogP contribution in [0.2, 0.25) is 0 Å². The minimum absolute atomic E-state index is 0.00505. The van der Waals surface area contributed by atoms with Gasteiger partial charge in [0.05, 0.1) is 6.61 Å². The Bertz CT molecular complexity index is 190. The average molecular weight is 175 g/mol. The van der Waals surface area contributed by atoms with Gasteiger partial charge in [-0.25, -0.2) is 4.79 Å². The van der Waals surface area contributed by atoms with E-state index in [1.165, 1.54) is 0 Å². The van der Waals surface area contributed by atoms with Gasteiger partial charge in [0, 0.05) is 6.42 Å². The van der Waals surface area contributed by atoms with E-state index >= 15 is 0 Å². The maximum Gasteiger partial charge on any atom is 0.371 e. The molecule has 0 amide bonds. The zero-order valence-corrected chi connectivity index (χ0v) is 6.23. The number of carboxylic acids is 1. The summed E-state index contributed by atoms with van der Waals surface area (Å²) in [4.78, 5) is 30.0. The van der Waals surface area contributed by atoms with E-state index in [-0.39, 0.29) is 19.3 Å². The van der Waals surface area contributed by atoms with Gasteiger partial charge in [-0.05, 0) is 0 Å². The van der Waals surface area contributed by atoms with Crippen LogP contribution in [-0.2, 0) is 19.1 Å². The highest BCUT2D eigenvalue weighted by Crippen LogP contribution is 1.89. The van der Waals surface area contributed by atoms with Crippen LogP contribution in [0.4, 0.5) is 0 Å². The summed E-state index contributed by atoms with van der Waals surface area (Å²) in [6, 6.07) is -1.07. The molecular weight excluding hydrogens is 166 g/mol. The molecule has 12 heavy (non-hydrogen) atoms. The largest absolute Gasteiger partial charge is 0.480 e. The number of nitrogens with two attached hydrogens (primary N) is 1. The summed E-state index contributed by atoms with van der Waals surface area (Å²) in [7, 11) is 0. The number of carbonyl (C=O) groups excluding carboxylic acids is 2. The molecular formula is C6H9NO5. The van der Waals surface area contributed by atoms with E-state index in [2.05, 4.69) is 4.74 Å². The Balaban J connectivity index is 3.49. The van der Waals surface area contributed by atoms with Crippen LogP contribution < -0.4 is 5.73 Å². The first kappa shape index (κ1) is 10.6. The highest BCUT2D eigenvalue weighted by Gasteiger charge is 2.11. The molecule has 0 spiro atoms. The van der Waals surface area contributed by atoms with E-state index in [1.807, 2.05) is 0 Å². The van der Waals surface area contributed by atoms with Crippen molar-refractivity contribution in [2.45, 2.75) is 12.5 Å². The Kier molecular flexibility index (Phi) is 4.62. The highest BCUT2D eigenvalue weighted by molar-refractivity contribution is 6.20. The van der Waals surface area contributed by atoms with Gasteiger partial charge in [0.15, 0.2) is 0 Å². The Morgan fingerprint density at radius 1 is 1.58 bits per heavy atom. The van der Waals surface area contributed by atoms with Crippen molar-refractivity contribution in [1.29, 1.82) is 0 Å². The second kappa shape index (κ2) is 5.25. The first-order chi connectivity index (χ1) is 5.57. The van der Waals surface area contributed by atoms with E-state index < -0.39 is 18.0 Å². The molecule has 0 aliphatic carbocycles. The summed E-state index contributed by atoms with van der Waals surface area (Å²) < 4.78 is 4.26. The number of aliphatic carboxylic acids is 1. The molecule has 0 aromatic rings. The van der Waals surface area contributed by atoms with Crippen molar-refractivity contribution in [1.82, 2.24) is 0 Å². The quantitative estimate of drug-likeness (QED) is 0.300. The molecule has 0 aromatic heterocycles. The van der Waals surface area contributed by atoms with E-state index in [4.69, 9.17) is 10.8 Å². The molecule has 0 bridgehead atoms. The standard InChI is InChI=1S/C6H9NO5/c7-4(6(10)11)1-2-12-5(9)3-8/h3-4H,1-2,7H2,(H,10,11)/t4-/m0/s1. The molecule has 0 unspecified atom stereocenters. The first-order valence-corrected chi connectivity index (χ1v) is 3.18. The maximum absolute atomic E-state index is 10.2. The minimum Gasteiger partial charge on any atom is -0.480 e.